The molecule has 0 amide bonds. The molecule has 0 N–H and O–H groups in total. The van der Waals surface area contributed by atoms with E-state index in [1.165, 1.54) is 37.4 Å². The molecule has 0 spiro atoms. The van der Waals surface area contributed by atoms with Gasteiger partial charge in [-0.15, -0.1) is 0 Å². The van der Waals surface area contributed by atoms with Gasteiger partial charge in [-0.1, -0.05) is 12.1 Å². The standard InChI is InChI=1S/C18H17FO5/c1-12(11-23-16-8-4-7-15(19)10-16)24-18(21)14-6-3-5-13(9-14)17(20)22-2/h3-10,12H,11H2,1-2H3. The maximum atomic E-state index is 13.1. The molecule has 0 fully saturated rings. The Hall–Kier alpha value is -2.89. The second-order valence-corrected chi connectivity index (χ2v) is 5.06. The van der Waals surface area contributed by atoms with Crippen molar-refractivity contribution in [2.24, 2.45) is 0 Å². The van der Waals surface area contributed by atoms with Crippen LogP contribution in [0, 0.1) is 5.82 Å². The van der Waals surface area contributed by atoms with E-state index in [1.54, 1.807) is 25.1 Å². The highest BCUT2D eigenvalue weighted by Crippen LogP contribution is 2.13. The summed E-state index contributed by atoms with van der Waals surface area (Å²) in [4.78, 5) is 23.6. The number of ether oxygens (including phenoxy) is 3. The molecule has 2 rings (SSSR count). The zero-order chi connectivity index (χ0) is 17.5. The van der Waals surface area contributed by atoms with E-state index in [0.717, 1.165) is 0 Å². The Kier molecular flexibility index (Phi) is 5.89. The molecule has 2 aromatic carbocycles. The van der Waals surface area contributed by atoms with Gasteiger partial charge in [0.2, 0.25) is 0 Å². The average molecular weight is 332 g/mol. The lowest BCUT2D eigenvalue weighted by Crippen LogP contribution is -2.22. The van der Waals surface area contributed by atoms with E-state index in [4.69, 9.17) is 9.47 Å². The summed E-state index contributed by atoms with van der Waals surface area (Å²) in [6.07, 6.45) is -0.553. The molecule has 0 radical (unpaired) electrons. The van der Waals surface area contributed by atoms with Gasteiger partial charge in [0.1, 0.15) is 24.3 Å². The first-order valence-electron chi connectivity index (χ1n) is 7.27. The van der Waals surface area contributed by atoms with Gasteiger partial charge in [0.25, 0.3) is 0 Å². The van der Waals surface area contributed by atoms with Crippen LogP contribution in [0.15, 0.2) is 48.5 Å². The fourth-order valence-electron chi connectivity index (χ4n) is 1.95. The first-order chi connectivity index (χ1) is 11.5. The van der Waals surface area contributed by atoms with Crippen molar-refractivity contribution in [2.45, 2.75) is 13.0 Å². The van der Waals surface area contributed by atoms with E-state index in [2.05, 4.69) is 4.74 Å². The van der Waals surface area contributed by atoms with E-state index in [9.17, 15) is 14.0 Å². The van der Waals surface area contributed by atoms with Crippen LogP contribution in [0.25, 0.3) is 0 Å². The topological polar surface area (TPSA) is 61.8 Å². The van der Waals surface area contributed by atoms with Gasteiger partial charge in [-0.3, -0.25) is 0 Å². The van der Waals surface area contributed by atoms with E-state index in [-0.39, 0.29) is 17.7 Å². The Balaban J connectivity index is 1.92. The maximum Gasteiger partial charge on any atom is 0.338 e. The number of halogens is 1. The Morgan fingerprint density at radius 1 is 1.04 bits per heavy atom. The quantitative estimate of drug-likeness (QED) is 0.760. The van der Waals surface area contributed by atoms with Crippen molar-refractivity contribution in [3.8, 4) is 5.75 Å². The lowest BCUT2D eigenvalue weighted by atomic mass is 10.1. The SMILES string of the molecule is COC(=O)c1cccc(C(=O)OC(C)COc2cccc(F)c2)c1. The Labute approximate surface area is 139 Å². The van der Waals surface area contributed by atoms with Crippen LogP contribution in [0.3, 0.4) is 0 Å². The minimum atomic E-state index is -0.587. The van der Waals surface area contributed by atoms with E-state index < -0.39 is 23.9 Å². The van der Waals surface area contributed by atoms with Crippen molar-refractivity contribution < 1.29 is 28.2 Å². The number of methoxy groups -OCH3 is 1. The molecule has 1 atom stereocenters. The van der Waals surface area contributed by atoms with Crippen molar-refractivity contribution in [1.29, 1.82) is 0 Å². The van der Waals surface area contributed by atoms with Crippen molar-refractivity contribution in [2.75, 3.05) is 13.7 Å². The van der Waals surface area contributed by atoms with Gasteiger partial charge in [-0.25, -0.2) is 14.0 Å². The number of hydrogen-bond donors (Lipinski definition) is 0. The summed E-state index contributed by atoms with van der Waals surface area (Å²) in [5.41, 5.74) is 0.492. The highest BCUT2D eigenvalue weighted by molar-refractivity contribution is 5.95. The summed E-state index contributed by atoms with van der Waals surface area (Å²) in [6, 6.07) is 11.7. The van der Waals surface area contributed by atoms with Crippen LogP contribution < -0.4 is 4.74 Å². The molecule has 0 saturated heterocycles. The Bertz CT molecular complexity index is 729. The monoisotopic (exact) mass is 332 g/mol. The molecular weight excluding hydrogens is 315 g/mol. The number of esters is 2. The number of benzene rings is 2. The lowest BCUT2D eigenvalue weighted by molar-refractivity contribution is 0.0228. The molecular formula is C18H17FO5. The van der Waals surface area contributed by atoms with E-state index >= 15 is 0 Å². The molecule has 2 aromatic rings. The van der Waals surface area contributed by atoms with Gasteiger partial charge in [0.05, 0.1) is 18.2 Å². The van der Waals surface area contributed by atoms with Crippen LogP contribution >= 0.6 is 0 Å². The summed E-state index contributed by atoms with van der Waals surface area (Å²) < 4.78 is 28.3. The summed E-state index contributed by atoms with van der Waals surface area (Å²) in [7, 11) is 1.26. The molecule has 0 bridgehead atoms. The summed E-state index contributed by atoms with van der Waals surface area (Å²) in [5.74, 6) is -1.18. The molecule has 0 aromatic heterocycles. The van der Waals surface area contributed by atoms with Gasteiger partial charge < -0.3 is 14.2 Å². The molecule has 0 heterocycles. The molecule has 0 aliphatic rings. The second-order valence-electron chi connectivity index (χ2n) is 5.06. The maximum absolute atomic E-state index is 13.1. The van der Waals surface area contributed by atoms with E-state index in [0.29, 0.717) is 5.75 Å². The van der Waals surface area contributed by atoms with Crippen molar-refractivity contribution in [3.63, 3.8) is 0 Å². The fraction of sp³-hybridized carbons (Fsp3) is 0.222. The van der Waals surface area contributed by atoms with Crippen LogP contribution in [-0.4, -0.2) is 31.8 Å². The minimum Gasteiger partial charge on any atom is -0.490 e. The van der Waals surface area contributed by atoms with Crippen LogP contribution in [0.5, 0.6) is 5.75 Å². The van der Waals surface area contributed by atoms with Gasteiger partial charge in [0, 0.05) is 6.07 Å². The summed E-state index contributed by atoms with van der Waals surface area (Å²) >= 11 is 0. The molecule has 0 aliphatic heterocycles. The highest BCUT2D eigenvalue weighted by atomic mass is 19.1. The van der Waals surface area contributed by atoms with E-state index in [1.807, 2.05) is 0 Å². The third-order valence-electron chi connectivity index (χ3n) is 3.11. The Morgan fingerprint density at radius 3 is 2.38 bits per heavy atom. The first kappa shape index (κ1) is 17.5. The third kappa shape index (κ3) is 4.81. The van der Waals surface area contributed by atoms with Crippen molar-refractivity contribution >= 4 is 11.9 Å². The van der Waals surface area contributed by atoms with Crippen molar-refractivity contribution in [1.82, 2.24) is 0 Å². The van der Waals surface area contributed by atoms with Gasteiger partial charge in [-0.05, 0) is 37.3 Å². The minimum absolute atomic E-state index is 0.0753. The second kappa shape index (κ2) is 8.10. The largest absolute Gasteiger partial charge is 0.490 e. The normalized spacial score (nSPS) is 11.5. The van der Waals surface area contributed by atoms with Gasteiger partial charge in [0.15, 0.2) is 0 Å². The molecule has 0 saturated carbocycles. The van der Waals surface area contributed by atoms with Crippen LogP contribution in [0.1, 0.15) is 27.6 Å². The Morgan fingerprint density at radius 2 is 1.71 bits per heavy atom. The predicted molar refractivity (Wildman–Crippen MR) is 84.6 cm³/mol. The summed E-state index contributed by atoms with van der Waals surface area (Å²) in [6.45, 7) is 1.73. The first-order valence-corrected chi connectivity index (χ1v) is 7.27. The van der Waals surface area contributed by atoms with Crippen LogP contribution in [-0.2, 0) is 9.47 Å². The molecule has 1 unspecified atom stereocenters. The molecule has 0 aliphatic carbocycles. The van der Waals surface area contributed by atoms with Crippen LogP contribution in [0.2, 0.25) is 0 Å². The number of carbonyl (C=O) groups excluding carboxylic acids is 2. The molecule has 24 heavy (non-hydrogen) atoms. The number of hydrogen-bond acceptors (Lipinski definition) is 5. The smallest absolute Gasteiger partial charge is 0.338 e. The lowest BCUT2D eigenvalue weighted by Gasteiger charge is -2.14. The van der Waals surface area contributed by atoms with Crippen molar-refractivity contribution in [3.05, 3.63) is 65.5 Å². The van der Waals surface area contributed by atoms with Crippen LogP contribution in [0.4, 0.5) is 4.39 Å². The zero-order valence-electron chi connectivity index (χ0n) is 13.3. The fourth-order valence-corrected chi connectivity index (χ4v) is 1.95. The molecule has 126 valence electrons. The molecule has 6 heteroatoms. The number of carbonyl (C=O) groups is 2. The highest BCUT2D eigenvalue weighted by Gasteiger charge is 2.15. The number of rotatable bonds is 6. The predicted octanol–water partition coefficient (Wildman–Crippen LogP) is 3.24. The summed E-state index contributed by atoms with van der Waals surface area (Å²) in [5, 5.41) is 0. The zero-order valence-corrected chi connectivity index (χ0v) is 13.3. The average Bonchev–Trinajstić information content (AvgIpc) is 2.59. The molecule has 5 nitrogen and oxygen atoms in total. The van der Waals surface area contributed by atoms with Gasteiger partial charge >= 0.3 is 11.9 Å². The van der Waals surface area contributed by atoms with Gasteiger partial charge in [-0.2, -0.15) is 0 Å². The third-order valence-corrected chi connectivity index (χ3v) is 3.11.